The van der Waals surface area contributed by atoms with E-state index in [1.54, 1.807) is 28.7 Å². The molecular formula is C7H3F2IN2O. The number of hydrogen-bond donors (Lipinski definition) is 1. The van der Waals surface area contributed by atoms with Gasteiger partial charge >= 0.3 is 0 Å². The lowest BCUT2D eigenvalue weighted by Crippen LogP contribution is -2.15. The van der Waals surface area contributed by atoms with E-state index in [2.05, 4.69) is 4.98 Å². The van der Waals surface area contributed by atoms with Crippen LogP contribution in [0.5, 0.6) is 0 Å². The van der Waals surface area contributed by atoms with Crippen molar-refractivity contribution < 1.29 is 8.78 Å². The Morgan fingerprint density at radius 1 is 1.62 bits per heavy atom. The van der Waals surface area contributed by atoms with Crippen molar-refractivity contribution in [3.63, 3.8) is 0 Å². The third kappa shape index (κ3) is 1.85. The summed E-state index contributed by atoms with van der Waals surface area (Å²) >= 11 is 1.56. The normalized spacial score (nSPS) is 10.1. The number of aromatic nitrogens is 1. The Kier molecular flexibility index (Phi) is 2.98. The summed E-state index contributed by atoms with van der Waals surface area (Å²) in [6.45, 7) is 0. The molecule has 0 fully saturated rings. The molecule has 0 saturated heterocycles. The first-order valence-electron chi connectivity index (χ1n) is 3.17. The van der Waals surface area contributed by atoms with Gasteiger partial charge in [-0.1, -0.05) is 0 Å². The standard InChI is InChI=1S/C7H3F2IN2O/c8-7(9)3-2-12-4(1-11)5(10)6(3)13/h2,7H,(H,12,13). The highest BCUT2D eigenvalue weighted by molar-refractivity contribution is 14.1. The maximum atomic E-state index is 12.1. The van der Waals surface area contributed by atoms with Crippen molar-refractivity contribution in [2.75, 3.05) is 0 Å². The molecule has 1 heterocycles. The van der Waals surface area contributed by atoms with Crippen LogP contribution in [0.25, 0.3) is 0 Å². The van der Waals surface area contributed by atoms with Crippen LogP contribution in [0.2, 0.25) is 0 Å². The second kappa shape index (κ2) is 3.83. The zero-order valence-electron chi connectivity index (χ0n) is 6.14. The molecule has 0 amide bonds. The molecule has 0 aliphatic heterocycles. The number of hydrogen-bond acceptors (Lipinski definition) is 2. The molecule has 0 aliphatic carbocycles. The Bertz CT molecular complexity index is 421. The first kappa shape index (κ1) is 10.1. The van der Waals surface area contributed by atoms with Gasteiger partial charge in [-0.25, -0.2) is 8.78 Å². The van der Waals surface area contributed by atoms with Gasteiger partial charge in [-0.3, -0.25) is 4.79 Å². The summed E-state index contributed by atoms with van der Waals surface area (Å²) in [5.74, 6) is 0. The van der Waals surface area contributed by atoms with Gasteiger partial charge in [0.1, 0.15) is 11.8 Å². The predicted molar refractivity (Wildman–Crippen MR) is 49.5 cm³/mol. The van der Waals surface area contributed by atoms with E-state index in [4.69, 9.17) is 5.26 Å². The van der Waals surface area contributed by atoms with Gasteiger partial charge in [0.15, 0.2) is 0 Å². The van der Waals surface area contributed by atoms with Crippen LogP contribution in [0.4, 0.5) is 8.78 Å². The van der Waals surface area contributed by atoms with Crippen molar-refractivity contribution in [1.82, 2.24) is 4.98 Å². The fourth-order valence-electron chi connectivity index (χ4n) is 0.763. The number of aromatic amines is 1. The van der Waals surface area contributed by atoms with Gasteiger partial charge in [0.25, 0.3) is 6.43 Å². The van der Waals surface area contributed by atoms with Gasteiger partial charge in [-0.2, -0.15) is 5.26 Å². The van der Waals surface area contributed by atoms with E-state index in [9.17, 15) is 13.6 Å². The molecule has 0 atom stereocenters. The van der Waals surface area contributed by atoms with Gasteiger partial charge in [0, 0.05) is 6.20 Å². The van der Waals surface area contributed by atoms with E-state index < -0.39 is 17.4 Å². The number of rotatable bonds is 1. The van der Waals surface area contributed by atoms with Crippen LogP contribution < -0.4 is 5.43 Å². The average Bonchev–Trinajstić information content (AvgIpc) is 2.09. The van der Waals surface area contributed by atoms with Crippen molar-refractivity contribution in [3.8, 4) is 6.07 Å². The summed E-state index contributed by atoms with van der Waals surface area (Å²) in [5.41, 5.74) is -1.38. The smallest absolute Gasteiger partial charge is 0.269 e. The minimum atomic E-state index is -2.81. The maximum Gasteiger partial charge on any atom is 0.269 e. The average molecular weight is 296 g/mol. The topological polar surface area (TPSA) is 56.6 Å². The number of H-pyrrole nitrogens is 1. The van der Waals surface area contributed by atoms with Crippen LogP contribution in [0.1, 0.15) is 17.7 Å². The minimum absolute atomic E-state index is 0.00194. The number of alkyl halides is 2. The second-order valence-electron chi connectivity index (χ2n) is 2.17. The molecule has 1 aromatic heterocycles. The molecule has 13 heavy (non-hydrogen) atoms. The molecule has 0 aliphatic rings. The quantitative estimate of drug-likeness (QED) is 0.803. The molecule has 1 aromatic rings. The van der Waals surface area contributed by atoms with E-state index >= 15 is 0 Å². The van der Waals surface area contributed by atoms with Crippen LogP contribution in [0.3, 0.4) is 0 Å². The maximum absolute atomic E-state index is 12.1. The summed E-state index contributed by atoms with van der Waals surface area (Å²) in [7, 11) is 0. The predicted octanol–water partition coefficient (Wildman–Crippen LogP) is 1.79. The summed E-state index contributed by atoms with van der Waals surface area (Å²) in [6, 6.07) is 1.69. The van der Waals surface area contributed by atoms with Crippen molar-refractivity contribution >= 4 is 22.6 Å². The summed E-state index contributed by atoms with van der Waals surface area (Å²) in [5, 5.41) is 8.46. The number of nitrogens with one attached hydrogen (secondary N) is 1. The Morgan fingerprint density at radius 3 is 2.69 bits per heavy atom. The molecule has 0 spiro atoms. The van der Waals surface area contributed by atoms with Gasteiger partial charge in [-0.15, -0.1) is 0 Å². The largest absolute Gasteiger partial charge is 0.352 e. The molecular weight excluding hydrogens is 293 g/mol. The minimum Gasteiger partial charge on any atom is -0.352 e. The first-order valence-corrected chi connectivity index (χ1v) is 4.25. The van der Waals surface area contributed by atoms with Gasteiger partial charge < -0.3 is 4.98 Å². The van der Waals surface area contributed by atoms with E-state index in [0.717, 1.165) is 6.20 Å². The van der Waals surface area contributed by atoms with Crippen molar-refractivity contribution in [1.29, 1.82) is 5.26 Å². The fourth-order valence-corrected chi connectivity index (χ4v) is 1.35. The van der Waals surface area contributed by atoms with Crippen LogP contribution in [0, 0.1) is 14.9 Å². The number of halogens is 3. The van der Waals surface area contributed by atoms with Gasteiger partial charge in [0.2, 0.25) is 5.43 Å². The number of nitriles is 1. The van der Waals surface area contributed by atoms with E-state index in [1.165, 1.54) is 0 Å². The van der Waals surface area contributed by atoms with Crippen LogP contribution >= 0.6 is 22.6 Å². The molecule has 3 nitrogen and oxygen atoms in total. The van der Waals surface area contributed by atoms with Crippen molar-refractivity contribution in [2.24, 2.45) is 0 Å². The lowest BCUT2D eigenvalue weighted by molar-refractivity contribution is 0.149. The molecule has 1 N–H and O–H groups in total. The lowest BCUT2D eigenvalue weighted by Gasteiger charge is -1.99. The van der Waals surface area contributed by atoms with Gasteiger partial charge in [-0.05, 0) is 22.6 Å². The lowest BCUT2D eigenvalue weighted by atomic mass is 10.2. The fraction of sp³-hybridized carbons (Fsp3) is 0.143. The Balaban J connectivity index is 3.43. The summed E-state index contributed by atoms with van der Waals surface area (Å²) in [4.78, 5) is 13.5. The van der Waals surface area contributed by atoms with Crippen LogP contribution in [0.15, 0.2) is 11.0 Å². The summed E-state index contributed by atoms with van der Waals surface area (Å²) < 4.78 is 24.3. The third-order valence-electron chi connectivity index (χ3n) is 1.40. The Morgan fingerprint density at radius 2 is 2.23 bits per heavy atom. The molecule has 0 unspecified atom stereocenters. The van der Waals surface area contributed by atoms with Crippen LogP contribution in [-0.2, 0) is 0 Å². The third-order valence-corrected chi connectivity index (χ3v) is 2.43. The zero-order chi connectivity index (χ0) is 10.0. The molecule has 1 rings (SSSR count). The second-order valence-corrected chi connectivity index (χ2v) is 3.25. The highest BCUT2D eigenvalue weighted by Crippen LogP contribution is 2.15. The monoisotopic (exact) mass is 296 g/mol. The molecule has 0 saturated carbocycles. The van der Waals surface area contributed by atoms with Crippen molar-refractivity contribution in [2.45, 2.75) is 6.43 Å². The van der Waals surface area contributed by atoms with E-state index in [-0.39, 0.29) is 9.26 Å². The highest BCUT2D eigenvalue weighted by Gasteiger charge is 2.15. The zero-order valence-corrected chi connectivity index (χ0v) is 8.30. The Hall–Kier alpha value is -0.970. The van der Waals surface area contributed by atoms with E-state index in [0.29, 0.717) is 0 Å². The molecule has 0 radical (unpaired) electrons. The molecule has 0 aromatic carbocycles. The van der Waals surface area contributed by atoms with Crippen LogP contribution in [-0.4, -0.2) is 4.98 Å². The van der Waals surface area contributed by atoms with E-state index in [1.807, 2.05) is 0 Å². The van der Waals surface area contributed by atoms with Crippen molar-refractivity contribution in [3.05, 3.63) is 31.2 Å². The number of nitrogens with zero attached hydrogens (tertiary/aromatic N) is 1. The summed E-state index contributed by atoms with van der Waals surface area (Å²) in [6.07, 6.45) is -1.95. The SMILES string of the molecule is N#Cc1[nH]cc(C(F)F)c(=O)c1I. The number of pyridine rings is 1. The Labute approximate surface area is 85.5 Å². The first-order chi connectivity index (χ1) is 6.07. The highest BCUT2D eigenvalue weighted by atomic mass is 127. The molecule has 68 valence electrons. The van der Waals surface area contributed by atoms with Gasteiger partial charge in [0.05, 0.1) is 9.13 Å². The molecule has 0 bridgehead atoms. The molecule has 6 heteroatoms.